The van der Waals surface area contributed by atoms with Gasteiger partial charge >= 0.3 is 0 Å². The van der Waals surface area contributed by atoms with Crippen LogP contribution in [0.15, 0.2) is 4.99 Å². The van der Waals surface area contributed by atoms with E-state index in [-0.39, 0.29) is 11.8 Å². The molecular formula is C9H13NO3. The van der Waals surface area contributed by atoms with E-state index in [0.717, 1.165) is 0 Å². The van der Waals surface area contributed by atoms with Crippen LogP contribution in [0.5, 0.6) is 0 Å². The molecule has 0 bridgehead atoms. The van der Waals surface area contributed by atoms with E-state index in [2.05, 4.69) is 4.99 Å². The summed E-state index contributed by atoms with van der Waals surface area (Å²) < 4.78 is 5.07. The fourth-order valence-corrected chi connectivity index (χ4v) is 1.14. The van der Waals surface area contributed by atoms with Gasteiger partial charge in [0.25, 0.3) is 0 Å². The lowest BCUT2D eigenvalue weighted by Crippen LogP contribution is -2.55. The molecule has 1 atom stereocenters. The first kappa shape index (κ1) is 10.1. The summed E-state index contributed by atoms with van der Waals surface area (Å²) in [5.74, 6) is -0.964. The van der Waals surface area contributed by atoms with E-state index in [1.807, 2.05) is 13.8 Å². The van der Waals surface area contributed by atoms with Gasteiger partial charge in [0.2, 0.25) is 11.6 Å². The predicted molar refractivity (Wildman–Crippen MR) is 48.0 cm³/mol. The standard InChI is InChI=1S/C9H13NO3/c1-4-13-9-6(10-5(2)3)7(11)8(9)12/h5,9H,4H2,1-3H3. The van der Waals surface area contributed by atoms with Gasteiger partial charge in [-0.3, -0.25) is 14.6 Å². The van der Waals surface area contributed by atoms with Crippen LogP contribution >= 0.6 is 0 Å². The number of hydrogen-bond acceptors (Lipinski definition) is 4. The molecule has 1 saturated carbocycles. The van der Waals surface area contributed by atoms with Gasteiger partial charge in [0, 0.05) is 12.6 Å². The Balaban J connectivity index is 2.74. The SMILES string of the molecule is CCOC1C(=O)C(=O)C1=NC(C)C. The molecule has 0 heterocycles. The summed E-state index contributed by atoms with van der Waals surface area (Å²) in [4.78, 5) is 26.0. The van der Waals surface area contributed by atoms with Crippen LogP contribution in [0.4, 0.5) is 0 Å². The Hall–Kier alpha value is -1.03. The number of nitrogens with zero attached hydrogens (tertiary/aromatic N) is 1. The molecule has 0 saturated heterocycles. The summed E-state index contributed by atoms with van der Waals surface area (Å²) in [5.41, 5.74) is 0.279. The normalized spacial score (nSPS) is 25.5. The second kappa shape index (κ2) is 3.79. The van der Waals surface area contributed by atoms with Crippen molar-refractivity contribution >= 4 is 17.3 Å². The van der Waals surface area contributed by atoms with Gasteiger partial charge < -0.3 is 4.74 Å². The van der Waals surface area contributed by atoms with E-state index in [4.69, 9.17) is 4.74 Å². The van der Waals surface area contributed by atoms with Gasteiger partial charge in [-0.25, -0.2) is 0 Å². The highest BCUT2D eigenvalue weighted by Gasteiger charge is 2.46. The second-order valence-corrected chi connectivity index (χ2v) is 3.14. The lowest BCUT2D eigenvalue weighted by atomic mass is 9.89. The van der Waals surface area contributed by atoms with Crippen LogP contribution in [0.2, 0.25) is 0 Å². The number of Topliss-reactive ketones (excluding diaryl/α,β-unsaturated/α-hetero) is 2. The monoisotopic (exact) mass is 183 g/mol. The van der Waals surface area contributed by atoms with Gasteiger partial charge in [0.1, 0.15) is 5.71 Å². The maximum absolute atomic E-state index is 11.0. The lowest BCUT2D eigenvalue weighted by Gasteiger charge is -2.25. The van der Waals surface area contributed by atoms with Crippen LogP contribution in [0.1, 0.15) is 20.8 Å². The summed E-state index contributed by atoms with van der Waals surface area (Å²) in [6.07, 6.45) is -0.695. The third-order valence-electron chi connectivity index (χ3n) is 1.67. The maximum Gasteiger partial charge on any atom is 0.248 e. The minimum absolute atomic E-state index is 0.0232. The smallest absolute Gasteiger partial charge is 0.248 e. The van der Waals surface area contributed by atoms with Gasteiger partial charge in [0.05, 0.1) is 0 Å². The molecule has 1 aliphatic rings. The predicted octanol–water partition coefficient (Wildman–Crippen LogP) is 0.393. The van der Waals surface area contributed by atoms with Crippen LogP contribution in [0.25, 0.3) is 0 Å². The Morgan fingerprint density at radius 1 is 1.46 bits per heavy atom. The maximum atomic E-state index is 11.0. The second-order valence-electron chi connectivity index (χ2n) is 3.14. The summed E-state index contributed by atoms with van der Waals surface area (Å²) in [6.45, 7) is 5.90. The molecule has 0 spiro atoms. The van der Waals surface area contributed by atoms with Crippen LogP contribution < -0.4 is 0 Å². The lowest BCUT2D eigenvalue weighted by molar-refractivity contribution is -0.142. The van der Waals surface area contributed by atoms with Gasteiger partial charge in [0.15, 0.2) is 6.10 Å². The minimum Gasteiger partial charge on any atom is -0.364 e. The Morgan fingerprint density at radius 3 is 2.54 bits per heavy atom. The Bertz CT molecular complexity index is 268. The number of aliphatic imine (C=N–C) groups is 1. The number of rotatable bonds is 3. The number of ketones is 2. The van der Waals surface area contributed by atoms with Crippen molar-refractivity contribution in [1.29, 1.82) is 0 Å². The highest BCUT2D eigenvalue weighted by molar-refractivity contribution is 6.79. The van der Waals surface area contributed by atoms with Crippen molar-refractivity contribution in [3.8, 4) is 0 Å². The molecule has 1 rings (SSSR count). The van der Waals surface area contributed by atoms with Crippen molar-refractivity contribution in [2.45, 2.75) is 32.9 Å². The first-order valence-corrected chi connectivity index (χ1v) is 4.35. The third-order valence-corrected chi connectivity index (χ3v) is 1.67. The van der Waals surface area contributed by atoms with Crippen molar-refractivity contribution < 1.29 is 14.3 Å². The zero-order chi connectivity index (χ0) is 10.0. The molecule has 1 unspecified atom stereocenters. The van der Waals surface area contributed by atoms with Crippen molar-refractivity contribution in [2.75, 3.05) is 6.61 Å². The molecule has 4 nitrogen and oxygen atoms in total. The van der Waals surface area contributed by atoms with E-state index < -0.39 is 17.7 Å². The molecule has 4 heteroatoms. The highest BCUT2D eigenvalue weighted by Crippen LogP contribution is 2.13. The van der Waals surface area contributed by atoms with Crippen molar-refractivity contribution in [3.05, 3.63) is 0 Å². The van der Waals surface area contributed by atoms with Gasteiger partial charge in [-0.15, -0.1) is 0 Å². The topological polar surface area (TPSA) is 55.7 Å². The van der Waals surface area contributed by atoms with Crippen LogP contribution in [-0.4, -0.2) is 36.0 Å². The average molecular weight is 183 g/mol. The van der Waals surface area contributed by atoms with Crippen LogP contribution in [0.3, 0.4) is 0 Å². The van der Waals surface area contributed by atoms with Gasteiger partial charge in [-0.05, 0) is 20.8 Å². The zero-order valence-electron chi connectivity index (χ0n) is 8.03. The first-order valence-electron chi connectivity index (χ1n) is 4.35. The molecule has 0 aliphatic heterocycles. The largest absolute Gasteiger partial charge is 0.364 e. The molecule has 0 N–H and O–H groups in total. The summed E-state index contributed by atoms with van der Waals surface area (Å²) in [5, 5.41) is 0. The quantitative estimate of drug-likeness (QED) is 0.595. The van der Waals surface area contributed by atoms with E-state index >= 15 is 0 Å². The molecule has 1 aliphatic carbocycles. The minimum atomic E-state index is -0.695. The third kappa shape index (κ3) is 1.83. The number of ether oxygens (including phenoxy) is 1. The number of carbonyl (C=O) groups is 2. The molecular weight excluding hydrogens is 170 g/mol. The Labute approximate surface area is 77.0 Å². The summed E-state index contributed by atoms with van der Waals surface area (Å²) in [6, 6.07) is 0.0232. The van der Waals surface area contributed by atoms with Gasteiger partial charge in [-0.1, -0.05) is 0 Å². The van der Waals surface area contributed by atoms with E-state index in [1.54, 1.807) is 6.92 Å². The van der Waals surface area contributed by atoms with Gasteiger partial charge in [-0.2, -0.15) is 0 Å². The van der Waals surface area contributed by atoms with E-state index in [0.29, 0.717) is 6.61 Å². The van der Waals surface area contributed by atoms with Crippen LogP contribution in [-0.2, 0) is 14.3 Å². The number of hydrogen-bond donors (Lipinski definition) is 0. The van der Waals surface area contributed by atoms with Crippen molar-refractivity contribution in [2.24, 2.45) is 4.99 Å². The van der Waals surface area contributed by atoms with E-state index in [1.165, 1.54) is 0 Å². The van der Waals surface area contributed by atoms with E-state index in [9.17, 15) is 9.59 Å². The summed E-state index contributed by atoms with van der Waals surface area (Å²) in [7, 11) is 0. The zero-order valence-corrected chi connectivity index (χ0v) is 8.03. The molecule has 13 heavy (non-hydrogen) atoms. The Morgan fingerprint density at radius 2 is 2.08 bits per heavy atom. The van der Waals surface area contributed by atoms with Crippen molar-refractivity contribution in [1.82, 2.24) is 0 Å². The Kier molecular flexibility index (Phi) is 2.93. The molecule has 0 aromatic carbocycles. The highest BCUT2D eigenvalue weighted by atomic mass is 16.5. The molecule has 0 amide bonds. The first-order chi connectivity index (χ1) is 6.07. The fourth-order valence-electron chi connectivity index (χ4n) is 1.14. The van der Waals surface area contributed by atoms with Crippen LogP contribution in [0, 0.1) is 0 Å². The molecule has 72 valence electrons. The molecule has 0 radical (unpaired) electrons. The fraction of sp³-hybridized carbons (Fsp3) is 0.667. The molecule has 0 aromatic heterocycles. The average Bonchev–Trinajstić information content (AvgIpc) is 2.10. The summed E-state index contributed by atoms with van der Waals surface area (Å²) >= 11 is 0. The number of carbonyl (C=O) groups excluding carboxylic acids is 2. The molecule has 0 aromatic rings. The molecule has 1 fully saturated rings. The van der Waals surface area contributed by atoms with Crippen molar-refractivity contribution in [3.63, 3.8) is 0 Å².